The van der Waals surface area contributed by atoms with Crippen LogP contribution in [0.2, 0.25) is 0 Å². The van der Waals surface area contributed by atoms with Crippen LogP contribution in [0.15, 0.2) is 18.2 Å². The number of hydrogen-bond acceptors (Lipinski definition) is 4. The molecule has 0 saturated carbocycles. The minimum atomic E-state index is -2.90. The summed E-state index contributed by atoms with van der Waals surface area (Å²) in [6.45, 7) is 5.85. The van der Waals surface area contributed by atoms with E-state index in [0.717, 1.165) is 36.4 Å². The van der Waals surface area contributed by atoms with Crippen LogP contribution in [0.4, 0.5) is 0 Å². The Morgan fingerprint density at radius 2 is 2.20 bits per heavy atom. The normalized spacial score (nSPS) is 21.0. The van der Waals surface area contributed by atoms with E-state index in [1.165, 1.54) is 0 Å². The summed E-state index contributed by atoms with van der Waals surface area (Å²) >= 11 is 0. The van der Waals surface area contributed by atoms with Gasteiger partial charge < -0.3 is 10.1 Å². The molecule has 1 aliphatic heterocycles. The Balaban J connectivity index is 2.09. The molecule has 1 aromatic carbocycles. The predicted molar refractivity (Wildman–Crippen MR) is 80.9 cm³/mol. The Labute approximate surface area is 121 Å². The maximum Gasteiger partial charge on any atom is 0.154 e. The van der Waals surface area contributed by atoms with Crippen LogP contribution in [0.25, 0.3) is 0 Å². The summed E-state index contributed by atoms with van der Waals surface area (Å²) < 4.78 is 29.0. The second kappa shape index (κ2) is 6.59. The first-order valence-corrected chi connectivity index (χ1v) is 9.00. The van der Waals surface area contributed by atoms with Crippen molar-refractivity contribution < 1.29 is 13.2 Å². The van der Waals surface area contributed by atoms with Gasteiger partial charge in [0.05, 0.1) is 11.5 Å². The molecule has 1 fully saturated rings. The summed E-state index contributed by atoms with van der Waals surface area (Å²) in [5.74, 6) is 1.23. The number of hydrogen-bond donors (Lipinski definition) is 1. The zero-order valence-corrected chi connectivity index (χ0v) is 13.0. The fourth-order valence-corrected chi connectivity index (χ4v) is 4.03. The van der Waals surface area contributed by atoms with Crippen LogP contribution in [-0.4, -0.2) is 32.6 Å². The van der Waals surface area contributed by atoms with Crippen LogP contribution >= 0.6 is 0 Å². The molecule has 0 radical (unpaired) electrons. The van der Waals surface area contributed by atoms with Crippen molar-refractivity contribution in [1.29, 1.82) is 0 Å². The second-order valence-electron chi connectivity index (χ2n) is 5.38. The summed E-state index contributed by atoms with van der Waals surface area (Å²) in [7, 11) is -2.90. The molecular formula is C15H23NO3S. The Morgan fingerprint density at radius 1 is 1.40 bits per heavy atom. The predicted octanol–water partition coefficient (Wildman–Crippen LogP) is 2.06. The topological polar surface area (TPSA) is 55.4 Å². The van der Waals surface area contributed by atoms with E-state index < -0.39 is 9.84 Å². The third-order valence-electron chi connectivity index (χ3n) is 3.51. The molecule has 1 heterocycles. The van der Waals surface area contributed by atoms with Crippen molar-refractivity contribution in [3.05, 3.63) is 29.3 Å². The molecule has 1 aliphatic rings. The lowest BCUT2D eigenvalue weighted by Gasteiger charge is -2.18. The molecule has 1 atom stereocenters. The number of para-hydroxylation sites is 1. The van der Waals surface area contributed by atoms with Crippen molar-refractivity contribution >= 4 is 9.84 Å². The molecule has 1 N–H and O–H groups in total. The molecule has 4 nitrogen and oxygen atoms in total. The maximum atomic E-state index is 11.5. The van der Waals surface area contributed by atoms with Crippen LogP contribution in [-0.2, 0) is 16.4 Å². The van der Waals surface area contributed by atoms with Gasteiger partial charge in [-0.2, -0.15) is 0 Å². The second-order valence-corrected chi connectivity index (χ2v) is 7.61. The van der Waals surface area contributed by atoms with Crippen LogP contribution in [0.3, 0.4) is 0 Å². The molecule has 0 aliphatic carbocycles. The Hall–Kier alpha value is -1.07. The highest BCUT2D eigenvalue weighted by atomic mass is 32.2. The molecule has 1 aromatic rings. The number of sulfone groups is 1. The summed E-state index contributed by atoms with van der Waals surface area (Å²) in [5, 5.41) is 3.36. The number of benzene rings is 1. The van der Waals surface area contributed by atoms with Gasteiger partial charge in [0, 0.05) is 12.1 Å². The minimum Gasteiger partial charge on any atom is -0.489 e. The highest BCUT2D eigenvalue weighted by Crippen LogP contribution is 2.27. The molecule has 0 amide bonds. The third kappa shape index (κ3) is 3.96. The molecule has 0 aromatic heterocycles. The van der Waals surface area contributed by atoms with E-state index in [1.54, 1.807) is 0 Å². The van der Waals surface area contributed by atoms with Gasteiger partial charge in [-0.15, -0.1) is 0 Å². The quantitative estimate of drug-likeness (QED) is 0.817. The first-order valence-electron chi connectivity index (χ1n) is 7.18. The number of rotatable bonds is 6. The van der Waals surface area contributed by atoms with Crippen LogP contribution in [0, 0.1) is 6.92 Å². The van der Waals surface area contributed by atoms with E-state index >= 15 is 0 Å². The van der Waals surface area contributed by atoms with Gasteiger partial charge in [0.15, 0.2) is 9.84 Å². The Morgan fingerprint density at radius 3 is 2.85 bits per heavy atom. The smallest absolute Gasteiger partial charge is 0.154 e. The van der Waals surface area contributed by atoms with Crippen molar-refractivity contribution in [2.45, 2.75) is 39.3 Å². The zero-order valence-electron chi connectivity index (χ0n) is 12.2. The Kier molecular flexibility index (Phi) is 5.05. The molecule has 5 heteroatoms. The average Bonchev–Trinajstić information content (AvgIpc) is 2.73. The summed E-state index contributed by atoms with van der Waals surface area (Å²) in [4.78, 5) is 0. The summed E-state index contributed by atoms with van der Waals surface area (Å²) in [6.07, 6.45) is 1.48. The molecule has 1 unspecified atom stereocenters. The van der Waals surface area contributed by atoms with E-state index in [9.17, 15) is 8.42 Å². The fraction of sp³-hybridized carbons (Fsp3) is 0.600. The van der Waals surface area contributed by atoms with Gasteiger partial charge in [0.25, 0.3) is 0 Å². The fourth-order valence-electron chi connectivity index (χ4n) is 2.44. The summed E-state index contributed by atoms with van der Waals surface area (Å²) in [5.41, 5.74) is 2.16. The van der Waals surface area contributed by atoms with Gasteiger partial charge >= 0.3 is 0 Å². The number of nitrogens with one attached hydrogen (secondary N) is 1. The molecule has 1 saturated heterocycles. The molecule has 2 rings (SSSR count). The van der Waals surface area contributed by atoms with Crippen molar-refractivity contribution in [3.63, 3.8) is 0 Å². The van der Waals surface area contributed by atoms with Crippen molar-refractivity contribution in [1.82, 2.24) is 5.32 Å². The summed E-state index contributed by atoms with van der Waals surface area (Å²) in [6, 6.07) is 6.05. The lowest BCUT2D eigenvalue weighted by atomic mass is 10.1. The molecule has 0 bridgehead atoms. The zero-order chi connectivity index (χ0) is 14.6. The monoisotopic (exact) mass is 297 g/mol. The number of ether oxygens (including phenoxy) is 1. The lowest BCUT2D eigenvalue weighted by molar-refractivity contribution is 0.224. The van der Waals surface area contributed by atoms with Crippen LogP contribution in [0.1, 0.15) is 30.9 Å². The molecule has 20 heavy (non-hydrogen) atoms. The molecule has 0 spiro atoms. The minimum absolute atomic E-state index is 0.142. The standard InChI is InChI=1S/C15H23NO3S/c1-3-8-16-10-13-6-4-5-12(2)15(13)19-14-7-9-20(17,18)11-14/h4-6,14,16H,3,7-11H2,1-2H3. The van der Waals surface area contributed by atoms with Gasteiger partial charge in [-0.3, -0.25) is 0 Å². The van der Waals surface area contributed by atoms with E-state index in [4.69, 9.17) is 4.74 Å². The average molecular weight is 297 g/mol. The molecule has 112 valence electrons. The lowest BCUT2D eigenvalue weighted by Crippen LogP contribution is -2.21. The van der Waals surface area contributed by atoms with E-state index in [-0.39, 0.29) is 17.6 Å². The van der Waals surface area contributed by atoms with Crippen LogP contribution < -0.4 is 10.1 Å². The first-order chi connectivity index (χ1) is 9.52. The maximum absolute atomic E-state index is 11.5. The van der Waals surface area contributed by atoms with Crippen molar-refractivity contribution in [2.24, 2.45) is 0 Å². The highest BCUT2D eigenvalue weighted by Gasteiger charge is 2.30. The van der Waals surface area contributed by atoms with Crippen molar-refractivity contribution in [3.8, 4) is 5.75 Å². The van der Waals surface area contributed by atoms with Crippen LogP contribution in [0.5, 0.6) is 5.75 Å². The number of aryl methyl sites for hydroxylation is 1. The van der Waals surface area contributed by atoms with Gasteiger partial charge in [-0.05, 0) is 31.9 Å². The SMILES string of the molecule is CCCNCc1cccc(C)c1OC1CCS(=O)(=O)C1. The molecular weight excluding hydrogens is 274 g/mol. The van der Waals surface area contributed by atoms with E-state index in [1.807, 2.05) is 25.1 Å². The largest absolute Gasteiger partial charge is 0.489 e. The van der Waals surface area contributed by atoms with Gasteiger partial charge in [-0.25, -0.2) is 8.42 Å². The van der Waals surface area contributed by atoms with Gasteiger partial charge in [0.1, 0.15) is 11.9 Å². The first kappa shape index (κ1) is 15.3. The van der Waals surface area contributed by atoms with Gasteiger partial charge in [0.2, 0.25) is 0 Å². The van der Waals surface area contributed by atoms with E-state index in [0.29, 0.717) is 6.42 Å². The van der Waals surface area contributed by atoms with E-state index in [2.05, 4.69) is 12.2 Å². The van der Waals surface area contributed by atoms with Gasteiger partial charge in [-0.1, -0.05) is 25.1 Å². The third-order valence-corrected chi connectivity index (χ3v) is 5.25. The Bertz CT molecular complexity index is 554. The highest BCUT2D eigenvalue weighted by molar-refractivity contribution is 7.91. The van der Waals surface area contributed by atoms with Crippen molar-refractivity contribution in [2.75, 3.05) is 18.1 Å².